The molecule has 0 aliphatic carbocycles. The van der Waals surface area contributed by atoms with Crippen LogP contribution in [0, 0.1) is 6.92 Å². The number of nitrogens with one attached hydrogen (secondary N) is 1. The molecule has 5 nitrogen and oxygen atoms in total. The first kappa shape index (κ1) is 20.8. The largest absolute Gasteiger partial charge is 0.479 e. The van der Waals surface area contributed by atoms with Crippen LogP contribution in [0.3, 0.4) is 0 Å². The van der Waals surface area contributed by atoms with Crippen LogP contribution in [-0.2, 0) is 20.7 Å². The minimum Gasteiger partial charge on any atom is -0.479 e. The quantitative estimate of drug-likeness (QED) is 0.705. The van der Waals surface area contributed by atoms with Gasteiger partial charge in [0.15, 0.2) is 12.2 Å². The zero-order chi connectivity index (χ0) is 20.0. The molecule has 0 radical (unpaired) electrons. The average Bonchev–Trinajstić information content (AvgIpc) is 2.64. The Bertz CT molecular complexity index is 804. The summed E-state index contributed by atoms with van der Waals surface area (Å²) in [5.41, 5.74) is 2.75. The standard InChI is InChI=1S/C21H24ClNO4/c1-5-16-8-6-7-13(2)19(16)23-20(24)14(3)27-21(25)15(4)26-18-11-9-17(22)10-12-18/h6-12,14-15H,5H2,1-4H3,(H,23,24)/t14-,15-/m0/s1. The Morgan fingerprint density at radius 2 is 1.74 bits per heavy atom. The summed E-state index contributed by atoms with van der Waals surface area (Å²) in [5.74, 6) is -0.507. The fraction of sp³-hybridized carbons (Fsp3) is 0.333. The van der Waals surface area contributed by atoms with E-state index in [2.05, 4.69) is 5.32 Å². The van der Waals surface area contributed by atoms with Gasteiger partial charge in [0.05, 0.1) is 0 Å². The van der Waals surface area contributed by atoms with Crippen LogP contribution in [0.5, 0.6) is 5.75 Å². The minimum absolute atomic E-state index is 0.383. The molecular formula is C21H24ClNO4. The van der Waals surface area contributed by atoms with Gasteiger partial charge in [0.1, 0.15) is 5.75 Å². The van der Waals surface area contributed by atoms with Crippen LogP contribution in [0.15, 0.2) is 42.5 Å². The fourth-order valence-electron chi connectivity index (χ4n) is 2.52. The van der Waals surface area contributed by atoms with Crippen LogP contribution in [0.2, 0.25) is 5.02 Å². The molecule has 1 amide bonds. The summed E-state index contributed by atoms with van der Waals surface area (Å²) in [6.07, 6.45) is -1.01. The molecule has 0 aromatic heterocycles. The maximum atomic E-state index is 12.4. The van der Waals surface area contributed by atoms with Crippen molar-refractivity contribution in [2.75, 3.05) is 5.32 Å². The lowest BCUT2D eigenvalue weighted by Crippen LogP contribution is -2.35. The number of carbonyl (C=O) groups is 2. The highest BCUT2D eigenvalue weighted by Gasteiger charge is 2.24. The van der Waals surface area contributed by atoms with E-state index in [-0.39, 0.29) is 5.91 Å². The maximum Gasteiger partial charge on any atom is 0.347 e. The highest BCUT2D eigenvalue weighted by Crippen LogP contribution is 2.22. The third-order valence-electron chi connectivity index (χ3n) is 4.11. The molecule has 0 fully saturated rings. The van der Waals surface area contributed by atoms with Crippen molar-refractivity contribution in [1.82, 2.24) is 0 Å². The third kappa shape index (κ3) is 5.73. The number of hydrogen-bond donors (Lipinski definition) is 1. The lowest BCUT2D eigenvalue weighted by atomic mass is 10.1. The molecule has 0 aliphatic heterocycles. The second kappa shape index (κ2) is 9.42. The van der Waals surface area contributed by atoms with Crippen LogP contribution in [-0.4, -0.2) is 24.1 Å². The van der Waals surface area contributed by atoms with Crippen LogP contribution >= 0.6 is 11.6 Å². The number of rotatable bonds is 7. The van der Waals surface area contributed by atoms with Gasteiger partial charge in [-0.15, -0.1) is 0 Å². The van der Waals surface area contributed by atoms with E-state index < -0.39 is 18.2 Å². The lowest BCUT2D eigenvalue weighted by Gasteiger charge is -2.19. The molecule has 0 bridgehead atoms. The van der Waals surface area contributed by atoms with E-state index in [1.807, 2.05) is 32.0 Å². The van der Waals surface area contributed by atoms with Crippen molar-refractivity contribution in [3.63, 3.8) is 0 Å². The topological polar surface area (TPSA) is 64.6 Å². The smallest absolute Gasteiger partial charge is 0.347 e. The molecule has 2 aromatic carbocycles. The summed E-state index contributed by atoms with van der Waals surface area (Å²) >= 11 is 5.82. The molecule has 6 heteroatoms. The zero-order valence-electron chi connectivity index (χ0n) is 15.9. The molecule has 0 saturated heterocycles. The number of hydrogen-bond acceptors (Lipinski definition) is 4. The summed E-state index contributed by atoms with van der Waals surface area (Å²) in [6, 6.07) is 12.5. The van der Waals surface area contributed by atoms with Crippen molar-refractivity contribution in [3.05, 3.63) is 58.6 Å². The van der Waals surface area contributed by atoms with Gasteiger partial charge in [-0.1, -0.05) is 36.7 Å². The van der Waals surface area contributed by atoms with Crippen LogP contribution in [0.1, 0.15) is 31.9 Å². The SMILES string of the molecule is CCc1cccc(C)c1NC(=O)[C@H](C)OC(=O)[C@H](C)Oc1ccc(Cl)cc1. The Labute approximate surface area is 164 Å². The molecule has 2 atom stereocenters. The highest BCUT2D eigenvalue weighted by molar-refractivity contribution is 6.30. The van der Waals surface area contributed by atoms with E-state index in [0.717, 1.165) is 23.2 Å². The minimum atomic E-state index is -0.946. The molecule has 0 saturated carbocycles. The Hall–Kier alpha value is -2.53. The number of para-hydroxylation sites is 1. The van der Waals surface area contributed by atoms with Gasteiger partial charge >= 0.3 is 5.97 Å². The normalized spacial score (nSPS) is 12.8. The number of esters is 1. The number of amides is 1. The maximum absolute atomic E-state index is 12.4. The zero-order valence-corrected chi connectivity index (χ0v) is 16.7. The predicted octanol–water partition coefficient (Wildman–Crippen LogP) is 4.55. The van der Waals surface area contributed by atoms with Gasteiger partial charge in [-0.05, 0) is 62.6 Å². The first-order valence-electron chi connectivity index (χ1n) is 8.83. The fourth-order valence-corrected chi connectivity index (χ4v) is 2.64. The number of carbonyl (C=O) groups excluding carboxylic acids is 2. The summed E-state index contributed by atoms with van der Waals surface area (Å²) in [6.45, 7) is 7.04. The van der Waals surface area contributed by atoms with Gasteiger partial charge in [0.2, 0.25) is 0 Å². The van der Waals surface area contributed by atoms with Crippen molar-refractivity contribution in [2.24, 2.45) is 0 Å². The Morgan fingerprint density at radius 1 is 1.07 bits per heavy atom. The van der Waals surface area contributed by atoms with E-state index in [4.69, 9.17) is 21.1 Å². The number of benzene rings is 2. The van der Waals surface area contributed by atoms with Crippen molar-refractivity contribution in [3.8, 4) is 5.75 Å². The first-order valence-corrected chi connectivity index (χ1v) is 9.21. The van der Waals surface area contributed by atoms with Gasteiger partial charge in [-0.2, -0.15) is 0 Å². The van der Waals surface area contributed by atoms with Crippen molar-refractivity contribution < 1.29 is 19.1 Å². The number of anilines is 1. The summed E-state index contributed by atoms with van der Waals surface area (Å²) in [4.78, 5) is 24.7. The molecule has 0 spiro atoms. The van der Waals surface area contributed by atoms with Gasteiger partial charge in [-0.25, -0.2) is 4.79 Å². The van der Waals surface area contributed by atoms with E-state index in [0.29, 0.717) is 10.8 Å². The second-order valence-electron chi connectivity index (χ2n) is 6.24. The number of ether oxygens (including phenoxy) is 2. The molecule has 1 N–H and O–H groups in total. The van der Waals surface area contributed by atoms with E-state index in [1.54, 1.807) is 31.2 Å². The molecular weight excluding hydrogens is 366 g/mol. The molecule has 0 unspecified atom stereocenters. The van der Waals surface area contributed by atoms with Gasteiger partial charge in [-0.3, -0.25) is 4.79 Å². The van der Waals surface area contributed by atoms with Crippen molar-refractivity contribution in [1.29, 1.82) is 0 Å². The lowest BCUT2D eigenvalue weighted by molar-refractivity contribution is -0.159. The molecule has 27 heavy (non-hydrogen) atoms. The first-order chi connectivity index (χ1) is 12.8. The Morgan fingerprint density at radius 3 is 2.37 bits per heavy atom. The van der Waals surface area contributed by atoms with E-state index in [9.17, 15) is 9.59 Å². The van der Waals surface area contributed by atoms with Gasteiger partial charge < -0.3 is 14.8 Å². The Kier molecular flexibility index (Phi) is 7.25. The van der Waals surface area contributed by atoms with Gasteiger partial charge in [0, 0.05) is 10.7 Å². The summed E-state index contributed by atoms with van der Waals surface area (Å²) in [7, 11) is 0. The average molecular weight is 390 g/mol. The summed E-state index contributed by atoms with van der Waals surface area (Å²) < 4.78 is 10.8. The van der Waals surface area contributed by atoms with Crippen molar-refractivity contribution in [2.45, 2.75) is 46.3 Å². The number of halogens is 1. The van der Waals surface area contributed by atoms with Gasteiger partial charge in [0.25, 0.3) is 5.91 Å². The van der Waals surface area contributed by atoms with Crippen LogP contribution in [0.4, 0.5) is 5.69 Å². The molecule has 2 aromatic rings. The molecule has 2 rings (SSSR count). The molecule has 0 aliphatic rings. The Balaban J connectivity index is 1.95. The van der Waals surface area contributed by atoms with Crippen molar-refractivity contribution >= 4 is 29.2 Å². The molecule has 0 heterocycles. The second-order valence-corrected chi connectivity index (χ2v) is 6.68. The van der Waals surface area contributed by atoms with Crippen LogP contribution < -0.4 is 10.1 Å². The summed E-state index contributed by atoms with van der Waals surface area (Å²) in [5, 5.41) is 3.43. The van der Waals surface area contributed by atoms with E-state index >= 15 is 0 Å². The monoisotopic (exact) mass is 389 g/mol. The number of aryl methyl sites for hydroxylation is 2. The van der Waals surface area contributed by atoms with E-state index in [1.165, 1.54) is 6.92 Å². The predicted molar refractivity (Wildman–Crippen MR) is 106 cm³/mol. The highest BCUT2D eigenvalue weighted by atomic mass is 35.5. The third-order valence-corrected chi connectivity index (χ3v) is 4.36. The molecule has 144 valence electrons. The van der Waals surface area contributed by atoms with Crippen LogP contribution in [0.25, 0.3) is 0 Å².